The Bertz CT molecular complexity index is 988. The number of methoxy groups -OCH3 is 1. The molecule has 1 aromatic heterocycles. The van der Waals surface area contributed by atoms with E-state index in [0.717, 1.165) is 33.8 Å². The SMILES string of the molecule is COc1cc(OCc2c(C)noc2C)ccc1C(=O)Nc1cccc(C)c1C. The summed E-state index contributed by atoms with van der Waals surface area (Å²) in [7, 11) is 1.53. The number of ether oxygens (including phenoxy) is 2. The molecule has 28 heavy (non-hydrogen) atoms. The third kappa shape index (κ3) is 4.01. The summed E-state index contributed by atoms with van der Waals surface area (Å²) in [5.74, 6) is 1.54. The van der Waals surface area contributed by atoms with Crippen molar-refractivity contribution < 1.29 is 18.8 Å². The molecular formula is C22H24N2O4. The highest BCUT2D eigenvalue weighted by Gasteiger charge is 2.16. The van der Waals surface area contributed by atoms with Crippen molar-refractivity contribution in [2.24, 2.45) is 0 Å². The van der Waals surface area contributed by atoms with Crippen molar-refractivity contribution in [1.82, 2.24) is 5.16 Å². The van der Waals surface area contributed by atoms with E-state index < -0.39 is 0 Å². The van der Waals surface area contributed by atoms with E-state index >= 15 is 0 Å². The Morgan fingerprint density at radius 3 is 2.61 bits per heavy atom. The van der Waals surface area contributed by atoms with Crippen LogP contribution in [0, 0.1) is 27.7 Å². The minimum atomic E-state index is -0.233. The number of aryl methyl sites for hydroxylation is 3. The fourth-order valence-electron chi connectivity index (χ4n) is 2.89. The molecule has 3 rings (SSSR count). The Kier molecular flexibility index (Phi) is 5.68. The zero-order valence-electron chi connectivity index (χ0n) is 16.8. The highest BCUT2D eigenvalue weighted by Crippen LogP contribution is 2.27. The summed E-state index contributed by atoms with van der Waals surface area (Å²) in [5, 5.41) is 6.87. The van der Waals surface area contributed by atoms with Gasteiger partial charge in [-0.15, -0.1) is 0 Å². The second kappa shape index (κ2) is 8.17. The Morgan fingerprint density at radius 2 is 1.93 bits per heavy atom. The number of nitrogens with zero attached hydrogens (tertiary/aromatic N) is 1. The molecule has 0 unspecified atom stereocenters. The average molecular weight is 380 g/mol. The maximum atomic E-state index is 12.7. The molecule has 1 heterocycles. The lowest BCUT2D eigenvalue weighted by atomic mass is 10.1. The van der Waals surface area contributed by atoms with E-state index in [9.17, 15) is 4.79 Å². The number of amides is 1. The van der Waals surface area contributed by atoms with Crippen LogP contribution in [0.2, 0.25) is 0 Å². The van der Waals surface area contributed by atoms with Crippen LogP contribution in [-0.2, 0) is 6.61 Å². The number of carbonyl (C=O) groups excluding carboxylic acids is 1. The summed E-state index contributed by atoms with van der Waals surface area (Å²) in [6.07, 6.45) is 0. The van der Waals surface area contributed by atoms with Crippen molar-refractivity contribution in [2.75, 3.05) is 12.4 Å². The number of aromatic nitrogens is 1. The van der Waals surface area contributed by atoms with Crippen LogP contribution < -0.4 is 14.8 Å². The highest BCUT2D eigenvalue weighted by atomic mass is 16.5. The molecule has 146 valence electrons. The molecule has 0 aliphatic heterocycles. The van der Waals surface area contributed by atoms with E-state index in [4.69, 9.17) is 14.0 Å². The summed E-state index contributed by atoms with van der Waals surface area (Å²) in [6, 6.07) is 11.0. The van der Waals surface area contributed by atoms with E-state index in [1.54, 1.807) is 18.2 Å². The monoisotopic (exact) mass is 380 g/mol. The lowest BCUT2D eigenvalue weighted by Gasteiger charge is -2.14. The number of benzene rings is 2. The van der Waals surface area contributed by atoms with Gasteiger partial charge in [0.15, 0.2) is 0 Å². The van der Waals surface area contributed by atoms with Gasteiger partial charge in [-0.2, -0.15) is 0 Å². The van der Waals surface area contributed by atoms with Crippen LogP contribution in [-0.4, -0.2) is 18.2 Å². The minimum absolute atomic E-state index is 0.233. The lowest BCUT2D eigenvalue weighted by molar-refractivity contribution is 0.102. The van der Waals surface area contributed by atoms with Crippen molar-refractivity contribution in [3.63, 3.8) is 0 Å². The Balaban J connectivity index is 1.77. The third-order valence-electron chi connectivity index (χ3n) is 4.83. The third-order valence-corrected chi connectivity index (χ3v) is 4.83. The van der Waals surface area contributed by atoms with Crippen LogP contribution in [0.3, 0.4) is 0 Å². The number of hydrogen-bond donors (Lipinski definition) is 1. The first-order valence-corrected chi connectivity index (χ1v) is 9.01. The van der Waals surface area contributed by atoms with Gasteiger partial charge in [-0.3, -0.25) is 4.79 Å². The number of carbonyl (C=O) groups is 1. The summed E-state index contributed by atoms with van der Waals surface area (Å²) >= 11 is 0. The number of nitrogens with one attached hydrogen (secondary N) is 1. The molecule has 2 aromatic carbocycles. The molecule has 0 radical (unpaired) electrons. The fourth-order valence-corrected chi connectivity index (χ4v) is 2.89. The van der Waals surface area contributed by atoms with E-state index in [-0.39, 0.29) is 5.91 Å². The Hall–Kier alpha value is -3.28. The summed E-state index contributed by atoms with van der Waals surface area (Å²) in [5.41, 5.74) is 5.09. The van der Waals surface area contributed by atoms with Gasteiger partial charge in [-0.1, -0.05) is 17.3 Å². The van der Waals surface area contributed by atoms with Crippen LogP contribution in [0.25, 0.3) is 0 Å². The Morgan fingerprint density at radius 1 is 1.14 bits per heavy atom. The van der Waals surface area contributed by atoms with Gasteiger partial charge < -0.3 is 19.3 Å². The number of anilines is 1. The number of hydrogen-bond acceptors (Lipinski definition) is 5. The quantitative estimate of drug-likeness (QED) is 0.668. The van der Waals surface area contributed by atoms with Gasteiger partial charge in [-0.25, -0.2) is 0 Å². The Labute approximate surface area is 164 Å². The fraction of sp³-hybridized carbons (Fsp3) is 0.273. The van der Waals surface area contributed by atoms with Gasteiger partial charge in [0.2, 0.25) is 0 Å². The summed E-state index contributed by atoms with van der Waals surface area (Å²) < 4.78 is 16.4. The topological polar surface area (TPSA) is 73.6 Å². The predicted octanol–water partition coefficient (Wildman–Crippen LogP) is 4.75. The van der Waals surface area contributed by atoms with Crippen LogP contribution >= 0.6 is 0 Å². The predicted molar refractivity (Wildman–Crippen MR) is 107 cm³/mol. The molecule has 0 aliphatic carbocycles. The normalized spacial score (nSPS) is 10.6. The van der Waals surface area contributed by atoms with Gasteiger partial charge in [0.1, 0.15) is 23.9 Å². The van der Waals surface area contributed by atoms with E-state index in [1.165, 1.54) is 7.11 Å². The summed E-state index contributed by atoms with van der Waals surface area (Å²) in [4.78, 5) is 12.7. The van der Waals surface area contributed by atoms with Crippen LogP contribution in [0.1, 0.15) is 38.5 Å². The van der Waals surface area contributed by atoms with Gasteiger partial charge in [-0.05, 0) is 57.0 Å². The molecule has 1 amide bonds. The molecule has 3 aromatic rings. The zero-order valence-corrected chi connectivity index (χ0v) is 16.8. The first kappa shape index (κ1) is 19.5. The van der Waals surface area contributed by atoms with Gasteiger partial charge in [0.25, 0.3) is 5.91 Å². The van der Waals surface area contributed by atoms with Gasteiger partial charge in [0.05, 0.1) is 23.9 Å². The zero-order chi connectivity index (χ0) is 20.3. The lowest BCUT2D eigenvalue weighted by Crippen LogP contribution is -2.14. The first-order chi connectivity index (χ1) is 13.4. The molecule has 1 N–H and O–H groups in total. The average Bonchev–Trinajstić information content (AvgIpc) is 3.01. The van der Waals surface area contributed by atoms with E-state index in [0.29, 0.717) is 23.7 Å². The molecular weight excluding hydrogens is 356 g/mol. The van der Waals surface area contributed by atoms with Crippen LogP contribution in [0.4, 0.5) is 5.69 Å². The summed E-state index contributed by atoms with van der Waals surface area (Å²) in [6.45, 7) is 8.04. The molecule has 0 saturated carbocycles. The van der Waals surface area contributed by atoms with Crippen molar-refractivity contribution in [2.45, 2.75) is 34.3 Å². The molecule has 0 bridgehead atoms. The van der Waals surface area contributed by atoms with Crippen molar-refractivity contribution >= 4 is 11.6 Å². The second-order valence-corrected chi connectivity index (χ2v) is 6.66. The molecule has 6 heteroatoms. The van der Waals surface area contributed by atoms with Gasteiger partial charge >= 0.3 is 0 Å². The van der Waals surface area contributed by atoms with Crippen LogP contribution in [0.15, 0.2) is 40.9 Å². The molecule has 0 saturated heterocycles. The number of rotatable bonds is 6. The van der Waals surface area contributed by atoms with Crippen molar-refractivity contribution in [3.05, 3.63) is 70.1 Å². The minimum Gasteiger partial charge on any atom is -0.496 e. The van der Waals surface area contributed by atoms with Crippen LogP contribution in [0.5, 0.6) is 11.5 Å². The van der Waals surface area contributed by atoms with Crippen molar-refractivity contribution in [1.29, 1.82) is 0 Å². The largest absolute Gasteiger partial charge is 0.496 e. The maximum Gasteiger partial charge on any atom is 0.259 e. The smallest absolute Gasteiger partial charge is 0.259 e. The molecule has 0 spiro atoms. The standard InChI is InChI=1S/C22H24N2O4/c1-13-7-6-8-20(14(13)2)23-22(25)18-10-9-17(11-21(18)26-5)27-12-19-15(3)24-28-16(19)4/h6-11H,12H2,1-5H3,(H,23,25). The molecule has 0 fully saturated rings. The molecule has 6 nitrogen and oxygen atoms in total. The van der Waals surface area contributed by atoms with Crippen molar-refractivity contribution in [3.8, 4) is 11.5 Å². The van der Waals surface area contributed by atoms with E-state index in [2.05, 4.69) is 10.5 Å². The highest BCUT2D eigenvalue weighted by molar-refractivity contribution is 6.06. The first-order valence-electron chi connectivity index (χ1n) is 9.01. The molecule has 0 aliphatic rings. The second-order valence-electron chi connectivity index (χ2n) is 6.66. The van der Waals surface area contributed by atoms with E-state index in [1.807, 2.05) is 45.9 Å². The molecule has 0 atom stereocenters. The maximum absolute atomic E-state index is 12.7. The van der Waals surface area contributed by atoms with Gasteiger partial charge in [0, 0.05) is 11.8 Å².